The molecular formula is C47H78O13. The fourth-order valence-corrected chi connectivity index (χ4v) is 11.6. The van der Waals surface area contributed by atoms with Crippen molar-refractivity contribution in [1.82, 2.24) is 0 Å². The van der Waals surface area contributed by atoms with Crippen molar-refractivity contribution in [2.75, 3.05) is 7.11 Å². The molecule has 6 aliphatic rings. The van der Waals surface area contributed by atoms with Gasteiger partial charge in [0.05, 0.1) is 60.4 Å². The predicted octanol–water partition coefficient (Wildman–Crippen LogP) is 7.18. The highest BCUT2D eigenvalue weighted by Crippen LogP contribution is 2.56. The van der Waals surface area contributed by atoms with E-state index in [0.717, 1.165) is 12.8 Å². The van der Waals surface area contributed by atoms with Crippen LogP contribution in [-0.2, 0) is 47.5 Å². The van der Waals surface area contributed by atoms with Crippen LogP contribution in [0.3, 0.4) is 0 Å². The number of hydrogen-bond donors (Lipinski definition) is 3. The Labute approximate surface area is 358 Å². The summed E-state index contributed by atoms with van der Waals surface area (Å²) >= 11 is 0. The van der Waals surface area contributed by atoms with Gasteiger partial charge in [0.15, 0.2) is 29.4 Å². The largest absolute Gasteiger partial charge is 0.481 e. The Balaban J connectivity index is 1.24. The highest BCUT2D eigenvalue weighted by Gasteiger charge is 2.65. The number of ether oxygens (including phenoxy) is 8. The third-order valence-corrected chi connectivity index (χ3v) is 15.8. The summed E-state index contributed by atoms with van der Waals surface area (Å²) in [6.07, 6.45) is 4.09. The number of aliphatic carboxylic acids is 1. The first-order valence-corrected chi connectivity index (χ1v) is 23.1. The molecule has 6 fully saturated rings. The molecule has 0 saturated carbocycles. The van der Waals surface area contributed by atoms with Gasteiger partial charge in [0.25, 0.3) is 0 Å². The van der Waals surface area contributed by atoms with Crippen LogP contribution in [0.1, 0.15) is 141 Å². The van der Waals surface area contributed by atoms with Crippen molar-refractivity contribution in [1.29, 1.82) is 0 Å². The number of ketones is 1. The molecule has 13 nitrogen and oxygen atoms in total. The first-order valence-electron chi connectivity index (χ1n) is 23.1. The standard InChI is InChI=1S/C47H78O13/c1-24(40(49)25(2)19-28(5)43(50)51)18-26(3)41-31(8)34(48)23-46(59-41)17-16-44(11,60-46)38-22-36(55-39-15-14-35(53-13)33(10)54-39)32(9)47(57-38)30(7)21-37(56-47)42-27(4)20-29(6)45(12,52)58-42/h18,25-39,41-42,48,52H,14-17,19-23H2,1-13H3,(H,50,51)/b24-18+/t25-,26+,27+,28+,29-,30+,31-,32-,33-,34+,35+,36+,37-,38-,39?,41-,42+,44+,45+,46-,47+/m1/s1. The summed E-state index contributed by atoms with van der Waals surface area (Å²) in [5.41, 5.74) is -0.280. The van der Waals surface area contributed by atoms with Crippen LogP contribution in [0.4, 0.5) is 0 Å². The van der Waals surface area contributed by atoms with Crippen molar-refractivity contribution in [2.24, 2.45) is 47.3 Å². The number of rotatable bonds is 12. The van der Waals surface area contributed by atoms with E-state index in [4.69, 9.17) is 37.9 Å². The second-order valence-electron chi connectivity index (χ2n) is 20.7. The molecule has 2 spiro atoms. The van der Waals surface area contributed by atoms with Gasteiger partial charge in [-0.2, -0.15) is 0 Å². The van der Waals surface area contributed by atoms with Gasteiger partial charge in [-0.3, -0.25) is 9.59 Å². The van der Waals surface area contributed by atoms with Crippen molar-refractivity contribution in [3.05, 3.63) is 11.6 Å². The Morgan fingerprint density at radius 3 is 2.23 bits per heavy atom. The molecule has 1 unspecified atom stereocenters. The Morgan fingerprint density at radius 2 is 1.58 bits per heavy atom. The van der Waals surface area contributed by atoms with Gasteiger partial charge < -0.3 is 53.2 Å². The summed E-state index contributed by atoms with van der Waals surface area (Å²) in [6, 6.07) is 0. The zero-order valence-corrected chi connectivity index (χ0v) is 38.7. The molecule has 344 valence electrons. The monoisotopic (exact) mass is 851 g/mol. The number of carbonyl (C=O) groups is 2. The Morgan fingerprint density at radius 1 is 0.883 bits per heavy atom. The van der Waals surface area contributed by atoms with Gasteiger partial charge in [0.1, 0.15) is 0 Å². The van der Waals surface area contributed by atoms with Crippen molar-refractivity contribution < 1.29 is 62.8 Å². The van der Waals surface area contributed by atoms with Crippen LogP contribution in [0.25, 0.3) is 0 Å². The first-order chi connectivity index (χ1) is 27.9. The fraction of sp³-hybridized carbons (Fsp3) is 0.915. The maximum atomic E-state index is 13.4. The lowest BCUT2D eigenvalue weighted by Gasteiger charge is -2.54. The SMILES string of the molecule is CO[C@H]1CCC(O[C@H]2C[C@H]([C@]3(C)CC[C@]4(C[C@H](O)[C@@H](C)[C@@H]([C@@H](C)/C=C(\C)C(=O)[C@H](C)C[C@H](C)C(=O)O)O4)O3)O[C@]3(O[C@@H]([C@H]4O[C@](C)(O)[C@H](C)C[C@@H]4C)C[C@@H]3C)[C@@H]2C)O[C@@H]1C. The highest BCUT2D eigenvalue weighted by molar-refractivity contribution is 5.96. The van der Waals surface area contributed by atoms with Crippen molar-refractivity contribution in [3.8, 4) is 0 Å². The molecule has 13 heteroatoms. The van der Waals surface area contributed by atoms with Crippen molar-refractivity contribution in [2.45, 2.75) is 219 Å². The minimum atomic E-state index is -1.26. The van der Waals surface area contributed by atoms with E-state index in [1.807, 2.05) is 33.8 Å². The molecule has 6 saturated heterocycles. The number of carbonyl (C=O) groups excluding carboxylic acids is 1. The highest BCUT2D eigenvalue weighted by atomic mass is 16.8. The molecule has 0 aromatic carbocycles. The minimum Gasteiger partial charge on any atom is -0.481 e. The van der Waals surface area contributed by atoms with E-state index in [-0.39, 0.29) is 78.2 Å². The zero-order chi connectivity index (χ0) is 44.3. The number of aliphatic hydroxyl groups excluding tert-OH is 1. The third-order valence-electron chi connectivity index (χ3n) is 15.8. The van der Waals surface area contributed by atoms with E-state index in [1.54, 1.807) is 34.8 Å². The van der Waals surface area contributed by atoms with Crippen LogP contribution in [-0.4, -0.2) is 112 Å². The molecule has 60 heavy (non-hydrogen) atoms. The second kappa shape index (κ2) is 18.2. The number of methoxy groups -OCH3 is 1. The van der Waals surface area contributed by atoms with Crippen LogP contribution < -0.4 is 0 Å². The van der Waals surface area contributed by atoms with Gasteiger partial charge in [0, 0.05) is 68.3 Å². The van der Waals surface area contributed by atoms with Gasteiger partial charge >= 0.3 is 5.97 Å². The van der Waals surface area contributed by atoms with Crippen LogP contribution in [0, 0.1) is 47.3 Å². The van der Waals surface area contributed by atoms with E-state index in [1.165, 1.54) is 0 Å². The second-order valence-corrected chi connectivity index (χ2v) is 20.7. The molecule has 0 aromatic heterocycles. The normalized spacial score (nSPS) is 49.2. The topological polar surface area (TPSA) is 169 Å². The number of allylic oxidation sites excluding steroid dienone is 1. The number of carboxylic acid groups (broad SMARTS) is 1. The molecule has 6 heterocycles. The van der Waals surface area contributed by atoms with Crippen LogP contribution in [0.5, 0.6) is 0 Å². The van der Waals surface area contributed by atoms with E-state index in [0.29, 0.717) is 44.1 Å². The first kappa shape index (κ1) is 47.9. The van der Waals surface area contributed by atoms with Crippen LogP contribution in [0.2, 0.25) is 0 Å². The average molecular weight is 851 g/mol. The molecule has 0 aromatic rings. The minimum absolute atomic E-state index is 0.00518. The Kier molecular flexibility index (Phi) is 14.5. The summed E-state index contributed by atoms with van der Waals surface area (Å²) < 4.78 is 54.1. The zero-order valence-electron chi connectivity index (χ0n) is 38.7. The van der Waals surface area contributed by atoms with Gasteiger partial charge in [-0.15, -0.1) is 0 Å². The molecular weight excluding hydrogens is 773 g/mol. The summed E-state index contributed by atoms with van der Waals surface area (Å²) in [7, 11) is 1.72. The molecule has 0 amide bonds. The van der Waals surface area contributed by atoms with E-state index in [9.17, 15) is 24.9 Å². The lowest BCUT2D eigenvalue weighted by atomic mass is 9.76. The predicted molar refractivity (Wildman–Crippen MR) is 222 cm³/mol. The Bertz CT molecular complexity index is 1550. The Hall–Kier alpha value is -1.52. The summed E-state index contributed by atoms with van der Waals surface area (Å²) in [6.45, 7) is 23.5. The molecule has 0 bridgehead atoms. The average Bonchev–Trinajstić information content (AvgIpc) is 3.68. The number of hydrogen-bond acceptors (Lipinski definition) is 12. The summed E-state index contributed by atoms with van der Waals surface area (Å²) in [5, 5.41) is 32.2. The maximum Gasteiger partial charge on any atom is 0.306 e. The van der Waals surface area contributed by atoms with Crippen LogP contribution in [0.15, 0.2) is 11.6 Å². The van der Waals surface area contributed by atoms with Gasteiger partial charge in [-0.25, -0.2) is 0 Å². The van der Waals surface area contributed by atoms with Gasteiger partial charge in [0.2, 0.25) is 0 Å². The smallest absolute Gasteiger partial charge is 0.306 e. The van der Waals surface area contributed by atoms with E-state index in [2.05, 4.69) is 27.7 Å². The van der Waals surface area contributed by atoms with Gasteiger partial charge in [-0.05, 0) is 71.3 Å². The lowest BCUT2D eigenvalue weighted by Crippen LogP contribution is -2.63. The molecule has 0 aliphatic carbocycles. The quantitative estimate of drug-likeness (QED) is 0.169. The number of Topliss-reactive ketones (excluding diaryl/α,β-unsaturated/α-hetero) is 1. The van der Waals surface area contributed by atoms with E-state index >= 15 is 0 Å². The molecule has 6 rings (SSSR count). The lowest BCUT2D eigenvalue weighted by molar-refractivity contribution is -0.389. The van der Waals surface area contributed by atoms with Crippen molar-refractivity contribution in [3.63, 3.8) is 0 Å². The number of carboxylic acids is 1. The molecule has 0 radical (unpaired) electrons. The maximum absolute atomic E-state index is 13.4. The number of aliphatic hydroxyl groups is 2. The molecule has 3 N–H and O–H groups in total. The fourth-order valence-electron chi connectivity index (χ4n) is 11.6. The third kappa shape index (κ3) is 9.47. The van der Waals surface area contributed by atoms with Gasteiger partial charge in [-0.1, -0.05) is 61.5 Å². The van der Waals surface area contributed by atoms with Crippen LogP contribution >= 0.6 is 0 Å². The van der Waals surface area contributed by atoms with E-state index < -0.39 is 65.4 Å². The molecule has 21 atom stereocenters. The van der Waals surface area contributed by atoms with Crippen molar-refractivity contribution >= 4 is 11.8 Å². The molecule has 6 aliphatic heterocycles. The summed E-state index contributed by atoms with van der Waals surface area (Å²) in [5.74, 6) is -5.99. The summed E-state index contributed by atoms with van der Waals surface area (Å²) in [4.78, 5) is 24.8.